The minimum absolute atomic E-state index is 0.0179. The van der Waals surface area contributed by atoms with Crippen LogP contribution in [-0.2, 0) is 16.9 Å². The van der Waals surface area contributed by atoms with Gasteiger partial charge >= 0.3 is 0 Å². The van der Waals surface area contributed by atoms with Crippen molar-refractivity contribution in [3.8, 4) is 5.95 Å². The fraction of sp³-hybridized carbons (Fsp3) is 0.211. The molecule has 4 aromatic rings. The van der Waals surface area contributed by atoms with Crippen LogP contribution in [0.4, 0.5) is 4.39 Å². The van der Waals surface area contributed by atoms with Gasteiger partial charge in [-0.05, 0) is 38.5 Å². The molecule has 0 bridgehead atoms. The van der Waals surface area contributed by atoms with Gasteiger partial charge in [-0.2, -0.15) is 0 Å². The molecule has 0 saturated carbocycles. The summed E-state index contributed by atoms with van der Waals surface area (Å²) in [4.78, 5) is 12.8. The average molecular weight is 399 g/mol. The third-order valence-corrected chi connectivity index (χ3v) is 6.53. The number of rotatable bonds is 3. The summed E-state index contributed by atoms with van der Waals surface area (Å²) in [5, 5.41) is 0.498. The molecule has 144 valence electrons. The number of benzene rings is 1. The van der Waals surface area contributed by atoms with Crippen LogP contribution in [0.25, 0.3) is 16.9 Å². The number of hydrogen-bond acceptors (Lipinski definition) is 5. The first-order valence-electron chi connectivity index (χ1n) is 8.53. The Bertz CT molecular complexity index is 1340. The lowest BCUT2D eigenvalue weighted by Crippen LogP contribution is -2.09. The second-order valence-electron chi connectivity index (χ2n) is 6.77. The Morgan fingerprint density at radius 3 is 2.43 bits per heavy atom. The van der Waals surface area contributed by atoms with Gasteiger partial charge in [0.25, 0.3) is 0 Å². The highest BCUT2D eigenvalue weighted by molar-refractivity contribution is 7.91. The molecule has 0 unspecified atom stereocenters. The Morgan fingerprint density at radius 1 is 1.04 bits per heavy atom. The first-order valence-corrected chi connectivity index (χ1v) is 10.0. The summed E-state index contributed by atoms with van der Waals surface area (Å²) < 4.78 is 43.8. The highest BCUT2D eigenvalue weighted by Crippen LogP contribution is 2.33. The zero-order valence-corrected chi connectivity index (χ0v) is 16.6. The summed E-state index contributed by atoms with van der Waals surface area (Å²) in [5.41, 5.74) is 2.20. The van der Waals surface area contributed by atoms with Gasteiger partial charge in [0.1, 0.15) is 17.0 Å². The maximum Gasteiger partial charge on any atom is 0.235 e. The van der Waals surface area contributed by atoms with Crippen LogP contribution < -0.4 is 0 Å². The Labute approximate surface area is 161 Å². The molecular weight excluding hydrogens is 381 g/mol. The van der Waals surface area contributed by atoms with E-state index in [1.807, 2.05) is 6.92 Å². The molecule has 28 heavy (non-hydrogen) atoms. The quantitative estimate of drug-likeness (QED) is 0.529. The molecule has 7 nitrogen and oxygen atoms in total. The monoisotopic (exact) mass is 399 g/mol. The SMILES string of the molecule is Cc1cn(-c2ncc(S(=O)(=O)c3cn(C)c4cc(F)cc(C)c34)c(C)n2)cn1. The third kappa shape index (κ3) is 2.78. The van der Waals surface area contributed by atoms with Crippen LogP contribution in [0.2, 0.25) is 0 Å². The van der Waals surface area contributed by atoms with Gasteiger partial charge in [-0.1, -0.05) is 0 Å². The van der Waals surface area contributed by atoms with Gasteiger partial charge in [0.05, 0.1) is 28.0 Å². The zero-order valence-electron chi connectivity index (χ0n) is 15.8. The topological polar surface area (TPSA) is 82.7 Å². The number of fused-ring (bicyclic) bond motifs is 1. The number of halogens is 1. The molecule has 0 fully saturated rings. The zero-order chi connectivity index (χ0) is 20.2. The van der Waals surface area contributed by atoms with Gasteiger partial charge in [0.15, 0.2) is 0 Å². The number of aryl methyl sites for hydroxylation is 4. The fourth-order valence-corrected chi connectivity index (χ4v) is 5.01. The van der Waals surface area contributed by atoms with Crippen molar-refractivity contribution in [2.24, 2.45) is 7.05 Å². The lowest BCUT2D eigenvalue weighted by molar-refractivity contribution is 0.594. The van der Waals surface area contributed by atoms with E-state index in [2.05, 4.69) is 15.0 Å². The normalized spacial score (nSPS) is 12.0. The second-order valence-corrected chi connectivity index (χ2v) is 8.65. The van der Waals surface area contributed by atoms with Crippen molar-refractivity contribution in [2.75, 3.05) is 0 Å². The molecule has 0 saturated heterocycles. The molecule has 1 aromatic carbocycles. The molecule has 0 atom stereocenters. The molecule has 0 aliphatic heterocycles. The number of imidazole rings is 1. The van der Waals surface area contributed by atoms with Crippen LogP contribution in [0, 0.1) is 26.6 Å². The number of sulfone groups is 1. The van der Waals surface area contributed by atoms with E-state index in [0.29, 0.717) is 28.1 Å². The van der Waals surface area contributed by atoms with Gasteiger partial charge in [-0.25, -0.2) is 27.8 Å². The van der Waals surface area contributed by atoms with Crippen molar-refractivity contribution in [3.05, 3.63) is 59.8 Å². The van der Waals surface area contributed by atoms with E-state index in [9.17, 15) is 12.8 Å². The van der Waals surface area contributed by atoms with E-state index in [0.717, 1.165) is 5.69 Å². The van der Waals surface area contributed by atoms with Gasteiger partial charge < -0.3 is 4.57 Å². The molecule has 3 heterocycles. The Hall–Kier alpha value is -3.07. The van der Waals surface area contributed by atoms with E-state index in [4.69, 9.17) is 0 Å². The van der Waals surface area contributed by atoms with E-state index in [1.165, 1.54) is 24.5 Å². The number of nitrogens with zero attached hydrogens (tertiary/aromatic N) is 5. The first-order chi connectivity index (χ1) is 13.2. The molecule has 0 aliphatic carbocycles. The van der Waals surface area contributed by atoms with E-state index >= 15 is 0 Å². The molecular formula is C19H18FN5O2S. The van der Waals surface area contributed by atoms with Gasteiger partial charge in [0.2, 0.25) is 15.8 Å². The largest absolute Gasteiger partial charge is 0.349 e. The van der Waals surface area contributed by atoms with Crippen molar-refractivity contribution in [1.82, 2.24) is 24.1 Å². The third-order valence-electron chi connectivity index (χ3n) is 4.66. The van der Waals surface area contributed by atoms with Crippen molar-refractivity contribution in [3.63, 3.8) is 0 Å². The predicted molar refractivity (Wildman–Crippen MR) is 102 cm³/mol. The van der Waals surface area contributed by atoms with Crippen LogP contribution in [0.1, 0.15) is 17.0 Å². The summed E-state index contributed by atoms with van der Waals surface area (Å²) >= 11 is 0. The molecule has 4 rings (SSSR count). The summed E-state index contributed by atoms with van der Waals surface area (Å²) in [6, 6.07) is 2.66. The summed E-state index contributed by atoms with van der Waals surface area (Å²) in [5.74, 6) is -0.0668. The second kappa shape index (κ2) is 6.23. The first kappa shape index (κ1) is 18.3. The van der Waals surface area contributed by atoms with Crippen LogP contribution in [0.15, 0.2) is 46.8 Å². The van der Waals surface area contributed by atoms with E-state index in [1.54, 1.807) is 42.6 Å². The van der Waals surface area contributed by atoms with Gasteiger partial charge in [0, 0.05) is 24.8 Å². The average Bonchev–Trinajstić information content (AvgIpc) is 3.19. The Balaban J connectivity index is 1.89. The summed E-state index contributed by atoms with van der Waals surface area (Å²) in [6.07, 6.45) is 6.13. The fourth-order valence-electron chi connectivity index (χ4n) is 3.32. The summed E-state index contributed by atoms with van der Waals surface area (Å²) in [6.45, 7) is 5.16. The highest BCUT2D eigenvalue weighted by Gasteiger charge is 2.27. The smallest absolute Gasteiger partial charge is 0.235 e. The summed E-state index contributed by atoms with van der Waals surface area (Å²) in [7, 11) is -2.21. The van der Waals surface area contributed by atoms with Gasteiger partial charge in [-0.3, -0.25) is 4.57 Å². The molecule has 9 heteroatoms. The van der Waals surface area contributed by atoms with Crippen LogP contribution in [-0.4, -0.2) is 32.5 Å². The standard InChI is InChI=1S/C19H18FN5O2S/c1-11-5-14(20)6-15-18(11)17(9-24(15)4)28(26,27)16-7-21-19(23-13(16)3)25-8-12(2)22-10-25/h5-10H,1-4H3. The maximum absolute atomic E-state index is 13.8. The van der Waals surface area contributed by atoms with E-state index < -0.39 is 15.7 Å². The van der Waals surface area contributed by atoms with Crippen LogP contribution >= 0.6 is 0 Å². The van der Waals surface area contributed by atoms with Gasteiger partial charge in [-0.15, -0.1) is 0 Å². The maximum atomic E-state index is 13.8. The van der Waals surface area contributed by atoms with Crippen molar-refractivity contribution < 1.29 is 12.8 Å². The predicted octanol–water partition coefficient (Wildman–Crippen LogP) is 3.05. The molecule has 0 N–H and O–H groups in total. The molecule has 0 amide bonds. The molecule has 0 spiro atoms. The molecule has 0 aliphatic rings. The Kier molecular flexibility index (Phi) is 4.07. The lowest BCUT2D eigenvalue weighted by Gasteiger charge is -2.09. The van der Waals surface area contributed by atoms with Crippen LogP contribution in [0.5, 0.6) is 0 Å². The minimum atomic E-state index is -3.90. The lowest BCUT2D eigenvalue weighted by atomic mass is 10.1. The van der Waals surface area contributed by atoms with Crippen molar-refractivity contribution >= 4 is 20.7 Å². The number of hydrogen-bond donors (Lipinski definition) is 0. The highest BCUT2D eigenvalue weighted by atomic mass is 32.2. The van der Waals surface area contributed by atoms with Crippen molar-refractivity contribution in [2.45, 2.75) is 30.6 Å². The van der Waals surface area contributed by atoms with Crippen molar-refractivity contribution in [1.29, 1.82) is 0 Å². The minimum Gasteiger partial charge on any atom is -0.349 e. The van der Waals surface area contributed by atoms with Crippen LogP contribution in [0.3, 0.4) is 0 Å². The Morgan fingerprint density at radius 2 is 1.79 bits per heavy atom. The van der Waals surface area contributed by atoms with E-state index in [-0.39, 0.29) is 9.79 Å². The molecule has 3 aromatic heterocycles. The molecule has 0 radical (unpaired) electrons. The number of aromatic nitrogens is 5.